The Morgan fingerprint density at radius 2 is 2.00 bits per heavy atom. The molecule has 0 bridgehead atoms. The third-order valence-corrected chi connectivity index (χ3v) is 8.46. The molecule has 3 aromatic heterocycles. The van der Waals surface area contributed by atoms with Crippen LogP contribution in [0.1, 0.15) is 37.0 Å². The van der Waals surface area contributed by atoms with Gasteiger partial charge in [0.2, 0.25) is 5.91 Å². The number of hydrogen-bond acceptors (Lipinski definition) is 9. The molecule has 2 atom stereocenters. The predicted octanol–water partition coefficient (Wildman–Crippen LogP) is 1.64. The highest BCUT2D eigenvalue weighted by Gasteiger charge is 2.37. The zero-order valence-electron chi connectivity index (χ0n) is 22.2. The minimum atomic E-state index is -0.992. The number of rotatable bonds is 9. The van der Waals surface area contributed by atoms with Gasteiger partial charge in [0.15, 0.2) is 0 Å². The van der Waals surface area contributed by atoms with E-state index in [1.54, 1.807) is 13.8 Å². The van der Waals surface area contributed by atoms with Gasteiger partial charge in [0.05, 0.1) is 50.2 Å². The number of methoxy groups -OCH3 is 1. The zero-order chi connectivity index (χ0) is 28.6. The molecule has 4 aromatic rings. The van der Waals surface area contributed by atoms with Crippen LogP contribution in [0.4, 0.5) is 4.39 Å². The number of benzene rings is 1. The second-order valence-electron chi connectivity index (χ2n) is 9.81. The summed E-state index contributed by atoms with van der Waals surface area (Å²) in [4.78, 5) is 41.9. The van der Waals surface area contributed by atoms with E-state index in [0.29, 0.717) is 38.5 Å². The fraction of sp³-hybridized carbons (Fsp3) is 0.423. The molecule has 1 amide bonds. The monoisotopic (exact) mass is 572 g/mol. The lowest BCUT2D eigenvalue weighted by molar-refractivity contribution is -0.124. The Kier molecular flexibility index (Phi) is 7.57. The molecule has 0 aliphatic carbocycles. The van der Waals surface area contributed by atoms with Crippen molar-refractivity contribution in [2.45, 2.75) is 44.9 Å². The number of piperidine rings is 1. The van der Waals surface area contributed by atoms with Gasteiger partial charge < -0.3 is 19.9 Å². The maximum Gasteiger partial charge on any atom is 0.332 e. The number of nitrogens with zero attached hydrogens (tertiary/aromatic N) is 5. The second kappa shape index (κ2) is 10.9. The minimum Gasteiger partial charge on any atom is -0.496 e. The summed E-state index contributed by atoms with van der Waals surface area (Å²) in [5, 5.41) is 21.5. The normalized spacial score (nSPS) is 18.2. The summed E-state index contributed by atoms with van der Waals surface area (Å²) in [6.45, 7) is 3.12. The van der Waals surface area contributed by atoms with Crippen LogP contribution in [0.5, 0.6) is 5.75 Å². The molecule has 12 nitrogen and oxygen atoms in total. The number of thiophene rings is 1. The standard InChI is InChI=1S/C26H29FN6O6S/c1-15-21-22(36)32(26(2)7-6-20(35)28-14-26)25(37)31(24(21)40-23(15)33-29-8-9-30-33)13-19(39-11-10-34)17-12-16(27)4-5-18(17)38-3/h4-5,8-9,12,19,34H,6-7,10-11,13-14H2,1-3H3,(H,28,35). The summed E-state index contributed by atoms with van der Waals surface area (Å²) in [6, 6.07) is 3.97. The Hall–Kier alpha value is -3.88. The number of ether oxygens (including phenoxy) is 2. The van der Waals surface area contributed by atoms with E-state index in [1.807, 2.05) is 0 Å². The molecule has 40 heavy (non-hydrogen) atoms. The number of hydrogen-bond donors (Lipinski definition) is 2. The first-order valence-electron chi connectivity index (χ1n) is 12.7. The number of aromatic nitrogens is 5. The molecule has 0 spiro atoms. The lowest BCUT2D eigenvalue weighted by Gasteiger charge is -2.35. The molecule has 0 saturated carbocycles. The van der Waals surface area contributed by atoms with Crippen LogP contribution in [0.2, 0.25) is 0 Å². The van der Waals surface area contributed by atoms with Crippen molar-refractivity contribution < 1.29 is 23.8 Å². The number of fused-ring (bicyclic) bond motifs is 1. The topological polar surface area (TPSA) is 142 Å². The molecule has 14 heteroatoms. The van der Waals surface area contributed by atoms with E-state index < -0.39 is 28.7 Å². The number of halogens is 1. The van der Waals surface area contributed by atoms with Crippen LogP contribution < -0.4 is 21.3 Å². The Bertz CT molecular complexity index is 1670. The van der Waals surface area contributed by atoms with Crippen molar-refractivity contribution in [1.82, 2.24) is 29.4 Å². The Morgan fingerprint density at radius 3 is 2.65 bits per heavy atom. The number of amides is 1. The van der Waals surface area contributed by atoms with E-state index in [4.69, 9.17) is 9.47 Å². The molecule has 4 heterocycles. The first kappa shape index (κ1) is 27.7. The molecule has 1 saturated heterocycles. The molecular weight excluding hydrogens is 543 g/mol. The van der Waals surface area contributed by atoms with Crippen LogP contribution in [0.15, 0.2) is 40.2 Å². The lowest BCUT2D eigenvalue weighted by Crippen LogP contribution is -2.57. The quantitative estimate of drug-likeness (QED) is 0.308. The molecule has 212 valence electrons. The summed E-state index contributed by atoms with van der Waals surface area (Å²) < 4.78 is 28.4. The van der Waals surface area contributed by atoms with Gasteiger partial charge in [-0.05, 0) is 38.5 Å². The zero-order valence-corrected chi connectivity index (χ0v) is 23.0. The number of aryl methyl sites for hydroxylation is 1. The Labute approximate surface area is 231 Å². The highest BCUT2D eigenvalue weighted by molar-refractivity contribution is 7.21. The van der Waals surface area contributed by atoms with Crippen molar-refractivity contribution in [3.8, 4) is 10.8 Å². The third-order valence-electron chi connectivity index (χ3n) is 7.18. The van der Waals surface area contributed by atoms with Gasteiger partial charge in [-0.15, -0.1) is 4.80 Å². The van der Waals surface area contributed by atoms with Crippen LogP contribution in [0, 0.1) is 12.7 Å². The van der Waals surface area contributed by atoms with E-state index in [2.05, 4.69) is 15.5 Å². The summed E-state index contributed by atoms with van der Waals surface area (Å²) in [5.74, 6) is -0.339. The maximum absolute atomic E-state index is 14.4. The highest BCUT2D eigenvalue weighted by Crippen LogP contribution is 2.34. The van der Waals surface area contributed by atoms with E-state index in [9.17, 15) is 23.9 Å². The lowest BCUT2D eigenvalue weighted by atomic mass is 9.91. The van der Waals surface area contributed by atoms with Crippen LogP contribution in [0.3, 0.4) is 0 Å². The maximum atomic E-state index is 14.4. The van der Waals surface area contributed by atoms with Gasteiger partial charge in [-0.25, -0.2) is 9.18 Å². The van der Waals surface area contributed by atoms with E-state index in [1.165, 1.54) is 63.0 Å². The summed E-state index contributed by atoms with van der Waals surface area (Å²) in [5.41, 5.74) is -1.16. The number of carbonyl (C=O) groups excluding carboxylic acids is 1. The van der Waals surface area contributed by atoms with Crippen LogP contribution in [-0.2, 0) is 21.6 Å². The molecule has 2 unspecified atom stereocenters. The molecule has 0 radical (unpaired) electrons. The highest BCUT2D eigenvalue weighted by atomic mass is 32.1. The van der Waals surface area contributed by atoms with Gasteiger partial charge in [0.25, 0.3) is 5.56 Å². The smallest absolute Gasteiger partial charge is 0.332 e. The van der Waals surface area contributed by atoms with Crippen LogP contribution in [0.25, 0.3) is 15.2 Å². The van der Waals surface area contributed by atoms with E-state index in [-0.39, 0.29) is 38.6 Å². The fourth-order valence-electron chi connectivity index (χ4n) is 5.08. The van der Waals surface area contributed by atoms with Gasteiger partial charge in [-0.1, -0.05) is 11.3 Å². The molecule has 1 fully saturated rings. The minimum absolute atomic E-state index is 0.0858. The predicted molar refractivity (Wildman–Crippen MR) is 145 cm³/mol. The largest absolute Gasteiger partial charge is 0.496 e. The molecule has 1 aliphatic rings. The van der Waals surface area contributed by atoms with Gasteiger partial charge in [-0.3, -0.25) is 18.7 Å². The first-order chi connectivity index (χ1) is 19.2. The van der Waals surface area contributed by atoms with Crippen molar-refractivity contribution in [1.29, 1.82) is 0 Å². The van der Waals surface area contributed by atoms with Gasteiger partial charge >= 0.3 is 5.69 Å². The number of aliphatic hydroxyl groups excluding tert-OH is 1. The second-order valence-corrected chi connectivity index (χ2v) is 10.8. The number of carbonyl (C=O) groups is 1. The molecular formula is C26H29FN6O6S. The Balaban J connectivity index is 1.77. The molecule has 1 aromatic carbocycles. The fourth-order valence-corrected chi connectivity index (χ4v) is 6.30. The summed E-state index contributed by atoms with van der Waals surface area (Å²) in [7, 11) is 1.44. The number of aliphatic hydroxyl groups is 1. The molecule has 2 N–H and O–H groups in total. The molecule has 5 rings (SSSR count). The van der Waals surface area contributed by atoms with Gasteiger partial charge in [-0.2, -0.15) is 10.2 Å². The van der Waals surface area contributed by atoms with Crippen molar-refractivity contribution in [3.05, 3.63) is 68.4 Å². The van der Waals surface area contributed by atoms with Crippen molar-refractivity contribution in [3.63, 3.8) is 0 Å². The van der Waals surface area contributed by atoms with Crippen molar-refractivity contribution in [2.24, 2.45) is 0 Å². The SMILES string of the molecule is COc1ccc(F)cc1C(Cn1c(=O)n(C2(C)CCC(=O)NC2)c(=O)c2c(C)c(-n3nccn3)sc21)OCCO. The molecule has 1 aliphatic heterocycles. The van der Waals surface area contributed by atoms with Gasteiger partial charge in [0, 0.05) is 24.1 Å². The summed E-state index contributed by atoms with van der Waals surface area (Å²) in [6.07, 6.45) is 2.55. The van der Waals surface area contributed by atoms with E-state index in [0.717, 1.165) is 0 Å². The first-order valence-corrected chi connectivity index (χ1v) is 13.5. The Morgan fingerprint density at radius 1 is 1.25 bits per heavy atom. The third kappa shape index (κ3) is 4.82. The van der Waals surface area contributed by atoms with Crippen molar-refractivity contribution >= 4 is 27.5 Å². The van der Waals surface area contributed by atoms with Gasteiger partial charge in [0.1, 0.15) is 27.5 Å². The summed E-state index contributed by atoms with van der Waals surface area (Å²) >= 11 is 1.17. The van der Waals surface area contributed by atoms with E-state index >= 15 is 0 Å². The number of nitrogens with one attached hydrogen (secondary N) is 1. The van der Waals surface area contributed by atoms with Crippen LogP contribution >= 0.6 is 11.3 Å². The average Bonchev–Trinajstić information content (AvgIpc) is 3.58. The van der Waals surface area contributed by atoms with Crippen molar-refractivity contribution in [2.75, 3.05) is 26.9 Å². The average molecular weight is 573 g/mol. The van der Waals surface area contributed by atoms with Crippen LogP contribution in [-0.4, -0.2) is 62.0 Å².